The number of nitrogens with zero attached hydrogens (tertiary/aromatic N) is 3. The van der Waals surface area contributed by atoms with Gasteiger partial charge in [-0.3, -0.25) is 4.98 Å². The minimum Gasteiger partial charge on any atom is -0.357 e. The molecule has 0 bridgehead atoms. The van der Waals surface area contributed by atoms with Gasteiger partial charge in [0.05, 0.1) is 5.69 Å². The Bertz CT molecular complexity index is 732. The first-order valence-electron chi connectivity index (χ1n) is 6.14. The van der Waals surface area contributed by atoms with Gasteiger partial charge in [0.15, 0.2) is 0 Å². The average molecular weight is 250 g/mol. The van der Waals surface area contributed by atoms with Gasteiger partial charge in [0, 0.05) is 36.6 Å². The van der Waals surface area contributed by atoms with Crippen molar-refractivity contribution in [1.29, 1.82) is 0 Å². The summed E-state index contributed by atoms with van der Waals surface area (Å²) in [6, 6.07) is 8.19. The molecule has 0 aliphatic carbocycles. The van der Waals surface area contributed by atoms with Gasteiger partial charge in [-0.1, -0.05) is 24.3 Å². The minimum atomic E-state index is 0.619. The van der Waals surface area contributed by atoms with Crippen molar-refractivity contribution in [2.24, 2.45) is 0 Å². The number of anilines is 1. The summed E-state index contributed by atoms with van der Waals surface area (Å²) in [7, 11) is 1.82. The second kappa shape index (κ2) is 4.65. The van der Waals surface area contributed by atoms with Gasteiger partial charge < -0.3 is 5.32 Å². The third kappa shape index (κ3) is 2.01. The Hall–Kier alpha value is -2.49. The molecule has 2 aromatic heterocycles. The van der Waals surface area contributed by atoms with Crippen LogP contribution in [0.3, 0.4) is 0 Å². The van der Waals surface area contributed by atoms with Crippen LogP contribution in [0.2, 0.25) is 0 Å². The molecule has 19 heavy (non-hydrogen) atoms. The molecule has 2 heterocycles. The van der Waals surface area contributed by atoms with Crippen molar-refractivity contribution >= 4 is 16.7 Å². The normalized spacial score (nSPS) is 10.6. The van der Waals surface area contributed by atoms with Crippen molar-refractivity contribution < 1.29 is 0 Å². The summed E-state index contributed by atoms with van der Waals surface area (Å²) in [4.78, 5) is 13.1. The van der Waals surface area contributed by atoms with E-state index in [0.29, 0.717) is 5.95 Å². The van der Waals surface area contributed by atoms with Crippen LogP contribution in [0.15, 0.2) is 42.9 Å². The van der Waals surface area contributed by atoms with Gasteiger partial charge in [0.1, 0.15) is 0 Å². The van der Waals surface area contributed by atoms with E-state index in [1.807, 2.05) is 44.7 Å². The summed E-state index contributed by atoms with van der Waals surface area (Å²) in [5.74, 6) is 0.619. The van der Waals surface area contributed by atoms with Crippen molar-refractivity contribution in [1.82, 2.24) is 15.0 Å². The number of pyridine rings is 1. The fourth-order valence-corrected chi connectivity index (χ4v) is 2.14. The van der Waals surface area contributed by atoms with E-state index in [0.717, 1.165) is 27.6 Å². The SMILES string of the molecule is CNc1ncc(C)c(-c2cncc3ccccc23)n1. The number of aryl methyl sites for hydroxylation is 1. The maximum Gasteiger partial charge on any atom is 0.222 e. The summed E-state index contributed by atoms with van der Waals surface area (Å²) >= 11 is 0. The van der Waals surface area contributed by atoms with E-state index in [1.165, 1.54) is 0 Å². The minimum absolute atomic E-state index is 0.619. The molecule has 3 rings (SSSR count). The Morgan fingerprint density at radius 3 is 2.74 bits per heavy atom. The van der Waals surface area contributed by atoms with Gasteiger partial charge in [0.2, 0.25) is 5.95 Å². The lowest BCUT2D eigenvalue weighted by molar-refractivity contribution is 1.12. The number of nitrogens with one attached hydrogen (secondary N) is 1. The van der Waals surface area contributed by atoms with E-state index in [2.05, 4.69) is 32.4 Å². The molecule has 0 fully saturated rings. The van der Waals surface area contributed by atoms with Crippen LogP contribution in [0.5, 0.6) is 0 Å². The second-order valence-electron chi connectivity index (χ2n) is 4.38. The smallest absolute Gasteiger partial charge is 0.222 e. The van der Waals surface area contributed by atoms with Crippen LogP contribution in [0.25, 0.3) is 22.0 Å². The zero-order valence-electron chi connectivity index (χ0n) is 10.9. The van der Waals surface area contributed by atoms with Crippen LogP contribution in [-0.2, 0) is 0 Å². The van der Waals surface area contributed by atoms with Crippen LogP contribution in [0.4, 0.5) is 5.95 Å². The van der Waals surface area contributed by atoms with E-state index < -0.39 is 0 Å². The molecule has 1 aromatic carbocycles. The fourth-order valence-electron chi connectivity index (χ4n) is 2.14. The predicted molar refractivity (Wildman–Crippen MR) is 77.1 cm³/mol. The van der Waals surface area contributed by atoms with Gasteiger partial charge >= 0.3 is 0 Å². The first-order chi connectivity index (χ1) is 9.29. The predicted octanol–water partition coefficient (Wildman–Crippen LogP) is 3.04. The average Bonchev–Trinajstić information content (AvgIpc) is 2.47. The Morgan fingerprint density at radius 1 is 1.05 bits per heavy atom. The molecule has 0 saturated heterocycles. The Kier molecular flexibility index (Phi) is 2.83. The molecular weight excluding hydrogens is 236 g/mol. The molecule has 0 amide bonds. The molecular formula is C15H14N4. The van der Waals surface area contributed by atoms with Crippen LogP contribution in [0, 0.1) is 6.92 Å². The highest BCUT2D eigenvalue weighted by molar-refractivity contribution is 5.95. The number of fused-ring (bicyclic) bond motifs is 1. The Balaban J connectivity index is 2.30. The molecule has 1 N–H and O–H groups in total. The summed E-state index contributed by atoms with van der Waals surface area (Å²) in [6.45, 7) is 2.01. The van der Waals surface area contributed by atoms with E-state index >= 15 is 0 Å². The van der Waals surface area contributed by atoms with Gasteiger partial charge in [-0.25, -0.2) is 9.97 Å². The van der Waals surface area contributed by atoms with Crippen molar-refractivity contribution in [3.05, 3.63) is 48.4 Å². The zero-order chi connectivity index (χ0) is 13.2. The van der Waals surface area contributed by atoms with Crippen molar-refractivity contribution in [2.45, 2.75) is 6.92 Å². The number of hydrogen-bond donors (Lipinski definition) is 1. The topological polar surface area (TPSA) is 50.7 Å². The van der Waals surface area contributed by atoms with Crippen LogP contribution < -0.4 is 5.32 Å². The largest absolute Gasteiger partial charge is 0.357 e. The number of aromatic nitrogens is 3. The van der Waals surface area contributed by atoms with E-state index in [-0.39, 0.29) is 0 Å². The molecule has 0 unspecified atom stereocenters. The van der Waals surface area contributed by atoms with Crippen molar-refractivity contribution in [3.8, 4) is 11.3 Å². The number of rotatable bonds is 2. The second-order valence-corrected chi connectivity index (χ2v) is 4.38. The summed E-state index contributed by atoms with van der Waals surface area (Å²) < 4.78 is 0. The monoisotopic (exact) mass is 250 g/mol. The third-order valence-corrected chi connectivity index (χ3v) is 3.12. The molecule has 0 spiro atoms. The fraction of sp³-hybridized carbons (Fsp3) is 0.133. The summed E-state index contributed by atoms with van der Waals surface area (Å²) in [6.07, 6.45) is 5.56. The molecule has 4 nitrogen and oxygen atoms in total. The standard InChI is InChI=1S/C15H14N4/c1-10-7-18-15(16-2)19-14(10)13-9-17-8-11-5-3-4-6-12(11)13/h3-9H,1-2H3,(H,16,18,19). The van der Waals surface area contributed by atoms with Crippen LogP contribution >= 0.6 is 0 Å². The molecule has 4 heteroatoms. The molecule has 0 radical (unpaired) electrons. The van der Waals surface area contributed by atoms with Gasteiger partial charge in [-0.2, -0.15) is 0 Å². The Labute approximate surface area is 111 Å². The maximum atomic E-state index is 4.55. The quantitative estimate of drug-likeness (QED) is 0.759. The summed E-state index contributed by atoms with van der Waals surface area (Å²) in [5, 5.41) is 5.24. The lowest BCUT2D eigenvalue weighted by Gasteiger charge is -2.09. The highest BCUT2D eigenvalue weighted by Crippen LogP contribution is 2.28. The first-order valence-corrected chi connectivity index (χ1v) is 6.14. The van der Waals surface area contributed by atoms with E-state index in [4.69, 9.17) is 0 Å². The molecule has 0 aliphatic rings. The maximum absolute atomic E-state index is 4.55. The van der Waals surface area contributed by atoms with Crippen molar-refractivity contribution in [3.63, 3.8) is 0 Å². The lowest BCUT2D eigenvalue weighted by Crippen LogP contribution is -1.99. The molecule has 0 aliphatic heterocycles. The Morgan fingerprint density at radius 2 is 1.89 bits per heavy atom. The molecule has 0 saturated carbocycles. The highest BCUT2D eigenvalue weighted by Gasteiger charge is 2.09. The van der Waals surface area contributed by atoms with Gasteiger partial charge in [-0.05, 0) is 17.9 Å². The highest BCUT2D eigenvalue weighted by atomic mass is 15.1. The van der Waals surface area contributed by atoms with Crippen LogP contribution in [0.1, 0.15) is 5.56 Å². The number of benzene rings is 1. The van der Waals surface area contributed by atoms with E-state index in [1.54, 1.807) is 0 Å². The van der Waals surface area contributed by atoms with Gasteiger partial charge in [-0.15, -0.1) is 0 Å². The van der Waals surface area contributed by atoms with E-state index in [9.17, 15) is 0 Å². The molecule has 94 valence electrons. The van der Waals surface area contributed by atoms with Gasteiger partial charge in [0.25, 0.3) is 0 Å². The molecule has 3 aromatic rings. The summed E-state index contributed by atoms with van der Waals surface area (Å²) in [5.41, 5.74) is 3.00. The zero-order valence-corrected chi connectivity index (χ0v) is 10.9. The lowest BCUT2D eigenvalue weighted by atomic mass is 10.0. The first kappa shape index (κ1) is 11.6. The molecule has 0 atom stereocenters. The van der Waals surface area contributed by atoms with Crippen LogP contribution in [-0.4, -0.2) is 22.0 Å². The van der Waals surface area contributed by atoms with Crippen molar-refractivity contribution in [2.75, 3.05) is 12.4 Å². The number of hydrogen-bond acceptors (Lipinski definition) is 4. The third-order valence-electron chi connectivity index (χ3n) is 3.12.